The van der Waals surface area contributed by atoms with Crippen LogP contribution in [0.3, 0.4) is 0 Å². The van der Waals surface area contributed by atoms with Gasteiger partial charge in [-0.1, -0.05) is 38.8 Å². The van der Waals surface area contributed by atoms with Crippen molar-refractivity contribution in [2.45, 2.75) is 52.9 Å². The summed E-state index contributed by atoms with van der Waals surface area (Å²) in [6, 6.07) is 0. The molecule has 0 radical (unpaired) electrons. The molecule has 0 bridgehead atoms. The van der Waals surface area contributed by atoms with Gasteiger partial charge in [-0.15, -0.1) is 0 Å². The zero-order chi connectivity index (χ0) is 10.6. The molecule has 0 spiro atoms. The van der Waals surface area contributed by atoms with Crippen LogP contribution in [-0.4, -0.2) is 25.0 Å². The molecule has 0 heterocycles. The highest BCUT2D eigenvalue weighted by Crippen LogP contribution is 1.99. The lowest BCUT2D eigenvalue weighted by Gasteiger charge is -2.20. The van der Waals surface area contributed by atoms with E-state index in [0.717, 1.165) is 51.9 Å². The first-order valence-electron chi connectivity index (χ1n) is 5.88. The monoisotopic (exact) mass is 203 g/mol. The van der Waals surface area contributed by atoms with Gasteiger partial charge in [-0.2, -0.15) is 0 Å². The van der Waals surface area contributed by atoms with E-state index >= 15 is 0 Å². The predicted octanol–water partition coefficient (Wildman–Crippen LogP) is 3.16. The molecule has 0 saturated carbocycles. The average Bonchev–Trinajstić information content (AvgIpc) is 2.18. The highest BCUT2D eigenvalue weighted by atomic mass is 16.9. The van der Waals surface area contributed by atoms with Crippen LogP contribution in [0.25, 0.3) is 0 Å². The molecular formula is C11H25NO2. The molecule has 0 rings (SSSR count). The SMILES string of the molecule is CCCCON(CCC)OCCCC. The summed E-state index contributed by atoms with van der Waals surface area (Å²) in [5, 5.41) is 1.64. The van der Waals surface area contributed by atoms with E-state index in [1.165, 1.54) is 0 Å². The molecule has 0 unspecified atom stereocenters. The smallest absolute Gasteiger partial charge is 0.0711 e. The fourth-order valence-electron chi connectivity index (χ4n) is 0.970. The molecule has 0 aliphatic heterocycles. The van der Waals surface area contributed by atoms with Gasteiger partial charge in [0.25, 0.3) is 0 Å². The Hall–Kier alpha value is -0.120. The quantitative estimate of drug-likeness (QED) is 0.402. The Bertz CT molecular complexity index is 99.5. The van der Waals surface area contributed by atoms with Crippen molar-refractivity contribution < 1.29 is 9.68 Å². The van der Waals surface area contributed by atoms with Crippen molar-refractivity contribution in [3.63, 3.8) is 0 Å². The summed E-state index contributed by atoms with van der Waals surface area (Å²) in [5.41, 5.74) is 0. The first-order valence-corrected chi connectivity index (χ1v) is 5.88. The van der Waals surface area contributed by atoms with Crippen LogP contribution in [0.5, 0.6) is 0 Å². The Morgan fingerprint density at radius 1 is 0.786 bits per heavy atom. The van der Waals surface area contributed by atoms with E-state index in [4.69, 9.17) is 9.68 Å². The number of hydrogen-bond acceptors (Lipinski definition) is 3. The molecule has 0 aliphatic rings. The van der Waals surface area contributed by atoms with Gasteiger partial charge < -0.3 is 0 Å². The minimum absolute atomic E-state index is 0.766. The number of unbranched alkanes of at least 4 members (excludes halogenated alkanes) is 2. The molecule has 3 heteroatoms. The van der Waals surface area contributed by atoms with E-state index in [9.17, 15) is 0 Å². The average molecular weight is 203 g/mol. The van der Waals surface area contributed by atoms with Crippen molar-refractivity contribution in [1.29, 1.82) is 0 Å². The molecule has 14 heavy (non-hydrogen) atoms. The largest absolute Gasteiger partial charge is 0.274 e. The molecule has 0 aromatic carbocycles. The van der Waals surface area contributed by atoms with Gasteiger partial charge in [0.15, 0.2) is 0 Å². The van der Waals surface area contributed by atoms with Crippen LogP contribution in [0.2, 0.25) is 0 Å². The molecule has 0 aliphatic carbocycles. The molecule has 86 valence electrons. The molecule has 3 nitrogen and oxygen atoms in total. The number of nitrogens with zero attached hydrogens (tertiary/aromatic N) is 1. The lowest BCUT2D eigenvalue weighted by Crippen LogP contribution is -2.26. The lowest BCUT2D eigenvalue weighted by molar-refractivity contribution is -0.368. The van der Waals surface area contributed by atoms with Gasteiger partial charge in [-0.05, 0) is 19.3 Å². The second kappa shape index (κ2) is 11.0. The van der Waals surface area contributed by atoms with E-state index in [2.05, 4.69) is 20.8 Å². The fourth-order valence-corrected chi connectivity index (χ4v) is 0.970. The van der Waals surface area contributed by atoms with Crippen LogP contribution in [-0.2, 0) is 9.68 Å². The van der Waals surface area contributed by atoms with Crippen molar-refractivity contribution in [3.8, 4) is 0 Å². The van der Waals surface area contributed by atoms with Crippen molar-refractivity contribution in [3.05, 3.63) is 0 Å². The van der Waals surface area contributed by atoms with Crippen LogP contribution in [0.4, 0.5) is 0 Å². The summed E-state index contributed by atoms with van der Waals surface area (Å²) in [5.74, 6) is 0. The summed E-state index contributed by atoms with van der Waals surface area (Å²) >= 11 is 0. The third kappa shape index (κ3) is 8.48. The van der Waals surface area contributed by atoms with Crippen molar-refractivity contribution in [2.75, 3.05) is 19.8 Å². The molecule has 0 aromatic rings. The molecular weight excluding hydrogens is 178 g/mol. The summed E-state index contributed by atoms with van der Waals surface area (Å²) in [7, 11) is 0. The molecule has 0 N–H and O–H groups in total. The fraction of sp³-hybridized carbons (Fsp3) is 1.00. The Morgan fingerprint density at radius 3 is 1.64 bits per heavy atom. The maximum absolute atomic E-state index is 5.48. The normalized spacial score (nSPS) is 11.1. The first kappa shape index (κ1) is 13.9. The van der Waals surface area contributed by atoms with Gasteiger partial charge in [0.2, 0.25) is 0 Å². The minimum Gasteiger partial charge on any atom is -0.274 e. The molecule has 0 aromatic heterocycles. The van der Waals surface area contributed by atoms with E-state index in [1.54, 1.807) is 5.23 Å². The van der Waals surface area contributed by atoms with E-state index < -0.39 is 0 Å². The van der Waals surface area contributed by atoms with Gasteiger partial charge in [0.05, 0.1) is 19.8 Å². The van der Waals surface area contributed by atoms with Gasteiger partial charge in [-0.25, -0.2) is 0 Å². The van der Waals surface area contributed by atoms with E-state index in [0.29, 0.717) is 0 Å². The van der Waals surface area contributed by atoms with Gasteiger partial charge >= 0.3 is 0 Å². The second-order valence-corrected chi connectivity index (χ2v) is 3.43. The molecule has 0 amide bonds. The van der Waals surface area contributed by atoms with E-state index in [-0.39, 0.29) is 0 Å². The zero-order valence-corrected chi connectivity index (χ0v) is 9.92. The minimum atomic E-state index is 0.766. The van der Waals surface area contributed by atoms with Gasteiger partial charge in [0.1, 0.15) is 0 Å². The van der Waals surface area contributed by atoms with Crippen LogP contribution in [0, 0.1) is 0 Å². The van der Waals surface area contributed by atoms with Crippen LogP contribution in [0.15, 0.2) is 0 Å². The van der Waals surface area contributed by atoms with Crippen molar-refractivity contribution >= 4 is 0 Å². The summed E-state index contributed by atoms with van der Waals surface area (Å²) in [6.07, 6.45) is 5.57. The van der Waals surface area contributed by atoms with Crippen molar-refractivity contribution in [2.24, 2.45) is 0 Å². The Labute approximate surface area is 88.3 Å². The zero-order valence-electron chi connectivity index (χ0n) is 9.92. The summed E-state index contributed by atoms with van der Waals surface area (Å²) in [6.45, 7) is 8.83. The van der Waals surface area contributed by atoms with Crippen LogP contribution < -0.4 is 0 Å². The first-order chi connectivity index (χ1) is 6.85. The van der Waals surface area contributed by atoms with Crippen LogP contribution in [0.1, 0.15) is 52.9 Å². The van der Waals surface area contributed by atoms with Crippen molar-refractivity contribution in [1.82, 2.24) is 5.23 Å². The second-order valence-electron chi connectivity index (χ2n) is 3.43. The maximum Gasteiger partial charge on any atom is 0.0711 e. The third-order valence-electron chi connectivity index (χ3n) is 1.87. The predicted molar refractivity (Wildman–Crippen MR) is 58.7 cm³/mol. The standard InChI is InChI=1S/C11H25NO2/c1-4-7-10-13-12(9-6-3)14-11-8-5-2/h4-11H2,1-3H3. The lowest BCUT2D eigenvalue weighted by atomic mass is 10.4. The number of hydroxylamine groups is 2. The number of hydrogen-bond donors (Lipinski definition) is 0. The molecule has 0 saturated heterocycles. The highest BCUT2D eigenvalue weighted by molar-refractivity contribution is 4.34. The third-order valence-corrected chi connectivity index (χ3v) is 1.87. The summed E-state index contributed by atoms with van der Waals surface area (Å²) in [4.78, 5) is 11.0. The summed E-state index contributed by atoms with van der Waals surface area (Å²) < 4.78 is 0. The number of rotatable bonds is 10. The highest BCUT2D eigenvalue weighted by Gasteiger charge is 2.03. The Kier molecular flexibility index (Phi) is 10.9. The molecule has 0 atom stereocenters. The Balaban J connectivity index is 3.44. The van der Waals surface area contributed by atoms with Gasteiger partial charge in [-0.3, -0.25) is 9.68 Å². The Morgan fingerprint density at radius 2 is 1.29 bits per heavy atom. The van der Waals surface area contributed by atoms with Crippen LogP contribution >= 0.6 is 0 Å². The topological polar surface area (TPSA) is 21.7 Å². The maximum atomic E-state index is 5.48. The van der Waals surface area contributed by atoms with Gasteiger partial charge in [0, 0.05) is 0 Å². The molecule has 0 fully saturated rings. The van der Waals surface area contributed by atoms with E-state index in [1.807, 2.05) is 0 Å².